The summed E-state index contributed by atoms with van der Waals surface area (Å²) in [6, 6.07) is 1.98. The van der Waals surface area contributed by atoms with E-state index >= 15 is 0 Å². The smallest absolute Gasteiger partial charge is 0.131 e. The molecule has 1 N–H and O–H groups in total. The van der Waals surface area contributed by atoms with Crippen LogP contribution in [0.1, 0.15) is 37.2 Å². The minimum atomic E-state index is 0.482. The third-order valence-electron chi connectivity index (χ3n) is 2.87. The zero-order chi connectivity index (χ0) is 11.2. The first-order chi connectivity index (χ1) is 7.90. The molecule has 1 fully saturated rings. The highest BCUT2D eigenvalue weighted by Gasteiger charge is 2.18. The standard InChI is InChI=1S/C12H19N3O/c1-2-13-9-11-3-6-14-12(15-11)10-4-7-16-8-5-10/h3,6,10,13H,2,4-5,7-9H2,1H3. The first-order valence-corrected chi connectivity index (χ1v) is 6.00. The molecule has 2 rings (SSSR count). The topological polar surface area (TPSA) is 47.0 Å². The molecule has 88 valence electrons. The zero-order valence-corrected chi connectivity index (χ0v) is 9.78. The summed E-state index contributed by atoms with van der Waals surface area (Å²) in [6.45, 7) is 5.57. The SMILES string of the molecule is CCNCc1ccnc(C2CCOCC2)n1. The Morgan fingerprint density at radius 2 is 2.25 bits per heavy atom. The summed E-state index contributed by atoms with van der Waals surface area (Å²) in [5.41, 5.74) is 1.08. The van der Waals surface area contributed by atoms with E-state index in [0.717, 1.165) is 50.7 Å². The van der Waals surface area contributed by atoms with Gasteiger partial charge in [0.2, 0.25) is 0 Å². The highest BCUT2D eigenvalue weighted by Crippen LogP contribution is 2.23. The lowest BCUT2D eigenvalue weighted by atomic mass is 9.99. The molecule has 2 heterocycles. The second-order valence-corrected chi connectivity index (χ2v) is 4.07. The number of hydrogen-bond acceptors (Lipinski definition) is 4. The van der Waals surface area contributed by atoms with Gasteiger partial charge in [-0.05, 0) is 25.5 Å². The van der Waals surface area contributed by atoms with Crippen LogP contribution < -0.4 is 5.32 Å². The molecule has 0 aromatic carbocycles. The molecule has 0 saturated carbocycles. The Balaban J connectivity index is 2.02. The van der Waals surface area contributed by atoms with E-state index in [1.165, 1.54) is 0 Å². The summed E-state index contributed by atoms with van der Waals surface area (Å²) >= 11 is 0. The number of rotatable bonds is 4. The predicted octanol–water partition coefficient (Wildman–Crippen LogP) is 1.48. The van der Waals surface area contributed by atoms with E-state index in [1.54, 1.807) is 0 Å². The average Bonchev–Trinajstić information content (AvgIpc) is 2.38. The summed E-state index contributed by atoms with van der Waals surface area (Å²) in [5, 5.41) is 3.28. The third-order valence-corrected chi connectivity index (χ3v) is 2.87. The van der Waals surface area contributed by atoms with Gasteiger partial charge in [-0.2, -0.15) is 0 Å². The van der Waals surface area contributed by atoms with Crippen molar-refractivity contribution in [2.45, 2.75) is 32.2 Å². The average molecular weight is 221 g/mol. The van der Waals surface area contributed by atoms with E-state index in [9.17, 15) is 0 Å². The van der Waals surface area contributed by atoms with Crippen LogP contribution >= 0.6 is 0 Å². The van der Waals surface area contributed by atoms with Gasteiger partial charge in [0, 0.05) is 31.9 Å². The highest BCUT2D eigenvalue weighted by molar-refractivity contribution is 5.06. The fraction of sp³-hybridized carbons (Fsp3) is 0.667. The largest absolute Gasteiger partial charge is 0.381 e. The first-order valence-electron chi connectivity index (χ1n) is 6.00. The Labute approximate surface area is 96.4 Å². The number of hydrogen-bond donors (Lipinski definition) is 1. The normalized spacial score (nSPS) is 17.6. The van der Waals surface area contributed by atoms with Crippen molar-refractivity contribution in [2.75, 3.05) is 19.8 Å². The maximum Gasteiger partial charge on any atom is 0.131 e. The van der Waals surface area contributed by atoms with Crippen molar-refractivity contribution >= 4 is 0 Å². The van der Waals surface area contributed by atoms with Crippen molar-refractivity contribution < 1.29 is 4.74 Å². The summed E-state index contributed by atoms with van der Waals surface area (Å²) < 4.78 is 5.35. The van der Waals surface area contributed by atoms with Crippen LogP contribution in [0.2, 0.25) is 0 Å². The van der Waals surface area contributed by atoms with Gasteiger partial charge in [0.05, 0.1) is 5.69 Å². The number of ether oxygens (including phenoxy) is 1. The van der Waals surface area contributed by atoms with E-state index < -0.39 is 0 Å². The van der Waals surface area contributed by atoms with Crippen molar-refractivity contribution in [3.05, 3.63) is 23.8 Å². The van der Waals surface area contributed by atoms with Crippen LogP contribution in [0.25, 0.3) is 0 Å². The van der Waals surface area contributed by atoms with Crippen molar-refractivity contribution in [2.24, 2.45) is 0 Å². The maximum absolute atomic E-state index is 5.35. The molecule has 0 unspecified atom stereocenters. The Kier molecular flexibility index (Phi) is 4.25. The molecule has 1 saturated heterocycles. The van der Waals surface area contributed by atoms with Crippen molar-refractivity contribution in [1.29, 1.82) is 0 Å². The number of aromatic nitrogens is 2. The van der Waals surface area contributed by atoms with Crippen LogP contribution in [0.4, 0.5) is 0 Å². The van der Waals surface area contributed by atoms with Gasteiger partial charge < -0.3 is 10.1 Å². The van der Waals surface area contributed by atoms with Crippen molar-refractivity contribution in [3.8, 4) is 0 Å². The highest BCUT2D eigenvalue weighted by atomic mass is 16.5. The molecular formula is C12H19N3O. The van der Waals surface area contributed by atoms with Crippen LogP contribution in [-0.2, 0) is 11.3 Å². The molecule has 0 aliphatic carbocycles. The molecule has 0 amide bonds. The molecule has 1 aliphatic heterocycles. The van der Waals surface area contributed by atoms with Crippen molar-refractivity contribution in [3.63, 3.8) is 0 Å². The lowest BCUT2D eigenvalue weighted by molar-refractivity contribution is 0.0835. The summed E-state index contributed by atoms with van der Waals surface area (Å²) in [4.78, 5) is 8.98. The first kappa shape index (κ1) is 11.5. The molecule has 0 bridgehead atoms. The molecule has 16 heavy (non-hydrogen) atoms. The maximum atomic E-state index is 5.35. The lowest BCUT2D eigenvalue weighted by Crippen LogP contribution is -2.18. The Morgan fingerprint density at radius 3 is 3.00 bits per heavy atom. The van der Waals surface area contributed by atoms with Gasteiger partial charge in [-0.15, -0.1) is 0 Å². The summed E-state index contributed by atoms with van der Waals surface area (Å²) in [7, 11) is 0. The van der Waals surface area contributed by atoms with Gasteiger partial charge in [0.1, 0.15) is 5.82 Å². The second kappa shape index (κ2) is 5.92. The van der Waals surface area contributed by atoms with E-state index in [4.69, 9.17) is 4.74 Å². The quantitative estimate of drug-likeness (QED) is 0.836. The summed E-state index contributed by atoms with van der Waals surface area (Å²) in [5.74, 6) is 1.47. The van der Waals surface area contributed by atoms with Gasteiger partial charge >= 0.3 is 0 Å². The van der Waals surface area contributed by atoms with Gasteiger partial charge in [-0.1, -0.05) is 6.92 Å². The second-order valence-electron chi connectivity index (χ2n) is 4.07. The van der Waals surface area contributed by atoms with E-state index in [0.29, 0.717) is 5.92 Å². The minimum Gasteiger partial charge on any atom is -0.381 e. The molecule has 4 nitrogen and oxygen atoms in total. The fourth-order valence-electron chi connectivity index (χ4n) is 1.92. The monoisotopic (exact) mass is 221 g/mol. The number of nitrogens with zero attached hydrogens (tertiary/aromatic N) is 2. The molecule has 0 radical (unpaired) electrons. The van der Waals surface area contributed by atoms with Crippen LogP contribution in [0, 0.1) is 0 Å². The fourth-order valence-corrected chi connectivity index (χ4v) is 1.92. The van der Waals surface area contributed by atoms with Crippen LogP contribution in [-0.4, -0.2) is 29.7 Å². The molecule has 0 atom stereocenters. The molecular weight excluding hydrogens is 202 g/mol. The van der Waals surface area contributed by atoms with Crippen LogP contribution in [0.5, 0.6) is 0 Å². The van der Waals surface area contributed by atoms with Gasteiger partial charge in [-0.3, -0.25) is 0 Å². The van der Waals surface area contributed by atoms with Crippen LogP contribution in [0.3, 0.4) is 0 Å². The Hall–Kier alpha value is -1.00. The molecule has 1 aromatic heterocycles. The van der Waals surface area contributed by atoms with E-state index in [-0.39, 0.29) is 0 Å². The lowest BCUT2D eigenvalue weighted by Gasteiger charge is -2.20. The van der Waals surface area contributed by atoms with Gasteiger partial charge in [-0.25, -0.2) is 9.97 Å². The Morgan fingerprint density at radius 1 is 1.44 bits per heavy atom. The third kappa shape index (κ3) is 3.00. The van der Waals surface area contributed by atoms with E-state index in [1.807, 2.05) is 12.3 Å². The zero-order valence-electron chi connectivity index (χ0n) is 9.78. The van der Waals surface area contributed by atoms with Gasteiger partial charge in [0.15, 0.2) is 0 Å². The van der Waals surface area contributed by atoms with Crippen molar-refractivity contribution in [1.82, 2.24) is 15.3 Å². The van der Waals surface area contributed by atoms with E-state index in [2.05, 4.69) is 22.2 Å². The molecule has 1 aromatic rings. The molecule has 4 heteroatoms. The molecule has 1 aliphatic rings. The summed E-state index contributed by atoms with van der Waals surface area (Å²) in [6.07, 6.45) is 3.96. The number of nitrogens with one attached hydrogen (secondary N) is 1. The van der Waals surface area contributed by atoms with Crippen LogP contribution in [0.15, 0.2) is 12.3 Å². The predicted molar refractivity (Wildman–Crippen MR) is 62.2 cm³/mol. The Bertz CT molecular complexity index is 324. The minimum absolute atomic E-state index is 0.482. The van der Waals surface area contributed by atoms with Gasteiger partial charge in [0.25, 0.3) is 0 Å². The molecule has 0 spiro atoms.